The maximum absolute atomic E-state index is 13.2. The van der Waals surface area contributed by atoms with Crippen LogP contribution in [0.4, 0.5) is 15.8 Å². The van der Waals surface area contributed by atoms with E-state index >= 15 is 0 Å². The van der Waals surface area contributed by atoms with Crippen LogP contribution in [0.15, 0.2) is 16.6 Å². The smallest absolute Gasteiger partial charge is 0.295 e. The van der Waals surface area contributed by atoms with Gasteiger partial charge in [0.2, 0.25) is 5.91 Å². The molecule has 0 aliphatic heterocycles. The molecule has 1 amide bonds. The van der Waals surface area contributed by atoms with Crippen LogP contribution in [0.3, 0.4) is 0 Å². The molecular formula is C10H11BrFN3O3. The predicted octanol–water partition coefficient (Wildman–Crippen LogP) is 2.17. The number of nitro groups is 1. The lowest BCUT2D eigenvalue weighted by atomic mass is 10.0. The van der Waals surface area contributed by atoms with E-state index in [2.05, 4.69) is 21.2 Å². The second-order valence-electron chi connectivity index (χ2n) is 4.15. The quantitative estimate of drug-likeness (QED) is 0.656. The molecule has 8 heteroatoms. The first-order valence-electron chi connectivity index (χ1n) is 4.86. The Labute approximate surface area is 111 Å². The number of nitrogens with zero attached hydrogens (tertiary/aromatic N) is 1. The summed E-state index contributed by atoms with van der Waals surface area (Å²) >= 11 is 2.92. The van der Waals surface area contributed by atoms with Gasteiger partial charge in [-0.1, -0.05) is 0 Å². The molecule has 0 aliphatic carbocycles. The van der Waals surface area contributed by atoms with Crippen molar-refractivity contribution < 1.29 is 14.1 Å². The van der Waals surface area contributed by atoms with Crippen LogP contribution >= 0.6 is 15.9 Å². The molecule has 1 rings (SSSR count). The highest BCUT2D eigenvalue weighted by Gasteiger charge is 2.28. The molecule has 0 fully saturated rings. The lowest BCUT2D eigenvalue weighted by molar-refractivity contribution is -0.384. The van der Waals surface area contributed by atoms with Gasteiger partial charge >= 0.3 is 0 Å². The minimum absolute atomic E-state index is 0.0112. The van der Waals surface area contributed by atoms with Gasteiger partial charge in [-0.2, -0.15) is 0 Å². The highest BCUT2D eigenvalue weighted by molar-refractivity contribution is 9.10. The summed E-state index contributed by atoms with van der Waals surface area (Å²) in [6.07, 6.45) is 0. The van der Waals surface area contributed by atoms with Gasteiger partial charge in [0, 0.05) is 0 Å². The summed E-state index contributed by atoms with van der Waals surface area (Å²) in [6, 6.07) is 1.96. The number of carbonyl (C=O) groups is 1. The molecule has 0 aliphatic rings. The molecule has 3 N–H and O–H groups in total. The number of anilines is 1. The van der Waals surface area contributed by atoms with Gasteiger partial charge in [-0.05, 0) is 35.8 Å². The van der Waals surface area contributed by atoms with Crippen molar-refractivity contribution in [2.75, 3.05) is 5.32 Å². The summed E-state index contributed by atoms with van der Waals surface area (Å²) in [5, 5.41) is 13.4. The number of nitrogens with one attached hydrogen (secondary N) is 1. The fraction of sp³-hybridized carbons (Fsp3) is 0.300. The normalized spacial score (nSPS) is 11.1. The Morgan fingerprint density at radius 2 is 2.11 bits per heavy atom. The zero-order valence-corrected chi connectivity index (χ0v) is 11.2. The summed E-state index contributed by atoms with van der Waals surface area (Å²) in [5.74, 6) is -1.44. The Balaban J connectivity index is 3.27. The Morgan fingerprint density at radius 1 is 1.56 bits per heavy atom. The van der Waals surface area contributed by atoms with Crippen LogP contribution in [0.25, 0.3) is 0 Å². The van der Waals surface area contributed by atoms with Gasteiger partial charge in [0.25, 0.3) is 5.69 Å². The largest absolute Gasteiger partial charge is 0.368 e. The molecule has 6 nitrogen and oxygen atoms in total. The maximum Gasteiger partial charge on any atom is 0.295 e. The molecule has 0 aromatic heterocycles. The van der Waals surface area contributed by atoms with Gasteiger partial charge in [-0.15, -0.1) is 0 Å². The molecule has 0 heterocycles. The molecule has 98 valence electrons. The molecule has 0 radical (unpaired) electrons. The lowest BCUT2D eigenvalue weighted by Gasteiger charge is -2.23. The molecule has 0 atom stereocenters. The standard InChI is InChI=1S/C10H11BrFN3O3/c1-10(2,9(13)16)14-7-3-5(11)6(12)4-8(7)15(17)18/h3-4,14H,1-2H3,(H2,13,16). The van der Waals surface area contributed by atoms with Crippen molar-refractivity contribution in [3.05, 3.63) is 32.5 Å². The number of hydrogen-bond acceptors (Lipinski definition) is 4. The highest BCUT2D eigenvalue weighted by Crippen LogP contribution is 2.32. The third-order valence-corrected chi connectivity index (χ3v) is 2.91. The molecular weight excluding hydrogens is 309 g/mol. The Hall–Kier alpha value is -1.70. The van der Waals surface area contributed by atoms with E-state index in [1.54, 1.807) is 0 Å². The minimum Gasteiger partial charge on any atom is -0.368 e. The number of rotatable bonds is 4. The van der Waals surface area contributed by atoms with Crippen LogP contribution in [0.5, 0.6) is 0 Å². The van der Waals surface area contributed by atoms with E-state index in [0.29, 0.717) is 0 Å². The number of benzene rings is 1. The second kappa shape index (κ2) is 4.89. The summed E-state index contributed by atoms with van der Waals surface area (Å²) in [6.45, 7) is 2.94. The summed E-state index contributed by atoms with van der Waals surface area (Å²) < 4.78 is 13.3. The van der Waals surface area contributed by atoms with E-state index in [1.165, 1.54) is 19.9 Å². The summed E-state index contributed by atoms with van der Waals surface area (Å²) in [5.41, 5.74) is 3.51. The third-order valence-electron chi connectivity index (χ3n) is 2.30. The van der Waals surface area contributed by atoms with Crippen molar-refractivity contribution in [3.63, 3.8) is 0 Å². The van der Waals surface area contributed by atoms with E-state index in [-0.39, 0.29) is 10.2 Å². The van der Waals surface area contributed by atoms with Gasteiger partial charge in [0.1, 0.15) is 17.0 Å². The van der Waals surface area contributed by atoms with Gasteiger partial charge in [-0.3, -0.25) is 14.9 Å². The molecule has 0 unspecified atom stereocenters. The summed E-state index contributed by atoms with van der Waals surface area (Å²) in [7, 11) is 0. The van der Waals surface area contributed by atoms with Crippen LogP contribution in [-0.4, -0.2) is 16.4 Å². The number of hydrogen-bond donors (Lipinski definition) is 2. The number of nitro benzene ring substituents is 1. The van der Waals surface area contributed by atoms with Crippen LogP contribution in [-0.2, 0) is 4.79 Å². The highest BCUT2D eigenvalue weighted by atomic mass is 79.9. The number of primary amides is 1. The van der Waals surface area contributed by atoms with E-state index < -0.39 is 27.9 Å². The first-order valence-corrected chi connectivity index (χ1v) is 5.66. The minimum atomic E-state index is -1.19. The van der Waals surface area contributed by atoms with E-state index in [1.807, 2.05) is 0 Å². The average Bonchev–Trinajstić information content (AvgIpc) is 2.22. The van der Waals surface area contributed by atoms with Gasteiger partial charge in [0.15, 0.2) is 0 Å². The summed E-state index contributed by atoms with van der Waals surface area (Å²) in [4.78, 5) is 21.2. The van der Waals surface area contributed by atoms with Crippen molar-refractivity contribution in [1.29, 1.82) is 0 Å². The monoisotopic (exact) mass is 319 g/mol. The van der Waals surface area contributed by atoms with Crippen molar-refractivity contribution in [1.82, 2.24) is 0 Å². The van der Waals surface area contributed by atoms with Crippen LogP contribution < -0.4 is 11.1 Å². The Kier molecular flexibility index (Phi) is 3.90. The second-order valence-corrected chi connectivity index (χ2v) is 5.01. The van der Waals surface area contributed by atoms with E-state index in [9.17, 15) is 19.3 Å². The van der Waals surface area contributed by atoms with E-state index in [4.69, 9.17) is 5.73 Å². The molecule has 0 spiro atoms. The number of nitrogens with two attached hydrogens (primary N) is 1. The fourth-order valence-corrected chi connectivity index (χ4v) is 1.53. The van der Waals surface area contributed by atoms with Crippen LogP contribution in [0.1, 0.15) is 13.8 Å². The number of halogens is 2. The molecule has 1 aromatic carbocycles. The molecule has 1 aromatic rings. The van der Waals surface area contributed by atoms with Crippen molar-refractivity contribution in [2.45, 2.75) is 19.4 Å². The molecule has 0 bridgehead atoms. The van der Waals surface area contributed by atoms with Gasteiger partial charge in [-0.25, -0.2) is 4.39 Å². The maximum atomic E-state index is 13.2. The van der Waals surface area contributed by atoms with Crippen molar-refractivity contribution in [3.8, 4) is 0 Å². The van der Waals surface area contributed by atoms with Crippen molar-refractivity contribution in [2.24, 2.45) is 5.73 Å². The first kappa shape index (κ1) is 14.4. The number of carbonyl (C=O) groups excluding carboxylic acids is 1. The zero-order chi connectivity index (χ0) is 14.1. The molecule has 0 saturated heterocycles. The fourth-order valence-electron chi connectivity index (χ4n) is 1.19. The van der Waals surface area contributed by atoms with Crippen LogP contribution in [0.2, 0.25) is 0 Å². The third kappa shape index (κ3) is 2.95. The Bertz CT molecular complexity index is 519. The average molecular weight is 320 g/mol. The van der Waals surface area contributed by atoms with Gasteiger partial charge < -0.3 is 11.1 Å². The van der Waals surface area contributed by atoms with E-state index in [0.717, 1.165) is 6.07 Å². The SMILES string of the molecule is CC(C)(Nc1cc(Br)c(F)cc1[N+](=O)[O-])C(N)=O. The first-order chi connectivity index (χ1) is 8.15. The lowest BCUT2D eigenvalue weighted by Crippen LogP contribution is -2.45. The Morgan fingerprint density at radius 3 is 2.56 bits per heavy atom. The predicted molar refractivity (Wildman–Crippen MR) is 67.7 cm³/mol. The number of amides is 1. The van der Waals surface area contributed by atoms with Crippen LogP contribution in [0, 0.1) is 15.9 Å². The topological polar surface area (TPSA) is 98.3 Å². The van der Waals surface area contributed by atoms with Crippen molar-refractivity contribution >= 4 is 33.2 Å². The van der Waals surface area contributed by atoms with Gasteiger partial charge in [0.05, 0.1) is 15.5 Å². The molecule has 0 saturated carbocycles. The zero-order valence-electron chi connectivity index (χ0n) is 9.66. The molecule has 18 heavy (non-hydrogen) atoms.